The summed E-state index contributed by atoms with van der Waals surface area (Å²) in [5.41, 5.74) is -0.150. The third kappa shape index (κ3) is 4.51. The van der Waals surface area contributed by atoms with E-state index in [4.69, 9.17) is 4.74 Å². The van der Waals surface area contributed by atoms with E-state index in [0.29, 0.717) is 16.3 Å². The zero-order valence-corrected chi connectivity index (χ0v) is 15.6. The Morgan fingerprint density at radius 2 is 2.26 bits per heavy atom. The van der Waals surface area contributed by atoms with E-state index >= 15 is 0 Å². The van der Waals surface area contributed by atoms with Crippen molar-refractivity contribution in [1.82, 2.24) is 5.32 Å². The van der Waals surface area contributed by atoms with Crippen LogP contribution in [0.15, 0.2) is 9.85 Å². The minimum absolute atomic E-state index is 0.00216. The molecule has 8 heteroatoms. The molecule has 1 aliphatic heterocycles. The molecule has 2 heterocycles. The first-order valence-electron chi connectivity index (χ1n) is 7.82. The first-order valence-corrected chi connectivity index (χ1v) is 9.43. The predicted molar refractivity (Wildman–Crippen MR) is 93.0 cm³/mol. The fourth-order valence-corrected chi connectivity index (χ4v) is 4.46. The van der Waals surface area contributed by atoms with Crippen LogP contribution in [0.3, 0.4) is 0 Å². The van der Waals surface area contributed by atoms with E-state index in [1.54, 1.807) is 0 Å². The molecule has 1 N–H and O–H groups in total. The molecule has 0 radical (unpaired) electrons. The lowest BCUT2D eigenvalue weighted by atomic mass is 9.89. The normalized spacial score (nSPS) is 21.4. The summed E-state index contributed by atoms with van der Waals surface area (Å²) in [7, 11) is 0. The molecule has 23 heavy (non-hydrogen) atoms. The fourth-order valence-electron chi connectivity index (χ4n) is 3.00. The third-order valence-electron chi connectivity index (χ3n) is 4.31. The van der Waals surface area contributed by atoms with Gasteiger partial charge in [0.15, 0.2) is 4.88 Å². The van der Waals surface area contributed by atoms with Gasteiger partial charge < -0.3 is 10.1 Å². The standard InChI is InChI=1S/C15H21BrN2O4S/c1-3-9(4-2)12-7-10(5-6-22-12)17-15(19)14-11(18(20)21)8-13(16)23-14/h8-10,12H,3-7H2,1-2H3,(H,17,19)/t10-,12-/m0/s1. The minimum Gasteiger partial charge on any atom is -0.378 e. The highest BCUT2D eigenvalue weighted by molar-refractivity contribution is 9.11. The van der Waals surface area contributed by atoms with Crippen molar-refractivity contribution in [1.29, 1.82) is 0 Å². The van der Waals surface area contributed by atoms with Gasteiger partial charge in [-0.2, -0.15) is 0 Å². The van der Waals surface area contributed by atoms with Gasteiger partial charge in [0.2, 0.25) is 0 Å². The molecule has 0 bridgehead atoms. The van der Waals surface area contributed by atoms with Crippen LogP contribution in [0.5, 0.6) is 0 Å². The molecule has 0 aromatic carbocycles. The van der Waals surface area contributed by atoms with Crippen molar-refractivity contribution < 1.29 is 14.5 Å². The van der Waals surface area contributed by atoms with Gasteiger partial charge in [-0.1, -0.05) is 26.7 Å². The first-order chi connectivity index (χ1) is 11.0. The summed E-state index contributed by atoms with van der Waals surface area (Å²) in [5.74, 6) is 0.113. The Morgan fingerprint density at radius 1 is 1.57 bits per heavy atom. The smallest absolute Gasteiger partial charge is 0.294 e. The summed E-state index contributed by atoms with van der Waals surface area (Å²) in [4.78, 5) is 23.1. The van der Waals surface area contributed by atoms with Gasteiger partial charge >= 0.3 is 0 Å². The second-order valence-corrected chi connectivity index (χ2v) is 8.13. The highest BCUT2D eigenvalue weighted by Gasteiger charge is 2.31. The Balaban J connectivity index is 2.04. The van der Waals surface area contributed by atoms with E-state index in [2.05, 4.69) is 35.1 Å². The van der Waals surface area contributed by atoms with Gasteiger partial charge in [-0.25, -0.2) is 0 Å². The molecule has 1 fully saturated rings. The number of thiophene rings is 1. The molecule has 6 nitrogen and oxygen atoms in total. The van der Waals surface area contributed by atoms with Crippen LogP contribution in [0, 0.1) is 16.0 Å². The molecule has 128 valence electrons. The molecule has 1 aromatic heterocycles. The maximum atomic E-state index is 12.4. The predicted octanol–water partition coefficient (Wildman–Crippen LogP) is 4.13. The van der Waals surface area contributed by atoms with Gasteiger partial charge in [0.25, 0.3) is 11.6 Å². The Hall–Kier alpha value is -0.990. The van der Waals surface area contributed by atoms with Crippen molar-refractivity contribution in [2.75, 3.05) is 6.61 Å². The first kappa shape index (κ1) is 18.4. The molecule has 2 rings (SSSR count). The van der Waals surface area contributed by atoms with Gasteiger partial charge in [-0.15, -0.1) is 11.3 Å². The lowest BCUT2D eigenvalue weighted by Crippen LogP contribution is -2.44. The van der Waals surface area contributed by atoms with E-state index in [1.165, 1.54) is 6.07 Å². The Kier molecular flexibility index (Phi) is 6.55. The van der Waals surface area contributed by atoms with E-state index < -0.39 is 4.92 Å². The van der Waals surface area contributed by atoms with Crippen molar-refractivity contribution in [3.05, 3.63) is 24.8 Å². The zero-order chi connectivity index (χ0) is 17.0. The molecular weight excluding hydrogens is 384 g/mol. The lowest BCUT2D eigenvalue weighted by molar-refractivity contribution is -0.384. The summed E-state index contributed by atoms with van der Waals surface area (Å²) in [6.45, 7) is 4.90. The summed E-state index contributed by atoms with van der Waals surface area (Å²) in [5, 5.41) is 14.0. The molecule has 2 atom stereocenters. The molecule has 0 saturated carbocycles. The van der Waals surface area contributed by atoms with Crippen LogP contribution in [0.4, 0.5) is 5.69 Å². The van der Waals surface area contributed by atoms with Gasteiger partial charge in [0, 0.05) is 18.7 Å². The maximum Gasteiger partial charge on any atom is 0.294 e. The van der Waals surface area contributed by atoms with Gasteiger partial charge in [0.1, 0.15) is 0 Å². The van der Waals surface area contributed by atoms with Crippen molar-refractivity contribution >= 4 is 38.9 Å². The molecular formula is C15H21BrN2O4S. The number of amides is 1. The van der Waals surface area contributed by atoms with Crippen LogP contribution in [0.25, 0.3) is 0 Å². The van der Waals surface area contributed by atoms with Crippen LogP contribution in [0.2, 0.25) is 0 Å². The number of carbonyl (C=O) groups excluding carboxylic acids is 1. The number of nitrogens with one attached hydrogen (secondary N) is 1. The molecule has 1 aliphatic rings. The number of carbonyl (C=O) groups is 1. The highest BCUT2D eigenvalue weighted by Crippen LogP contribution is 2.33. The van der Waals surface area contributed by atoms with Crippen molar-refractivity contribution in [2.24, 2.45) is 5.92 Å². The van der Waals surface area contributed by atoms with Gasteiger partial charge in [-0.3, -0.25) is 14.9 Å². The van der Waals surface area contributed by atoms with Crippen molar-refractivity contribution in [3.8, 4) is 0 Å². The zero-order valence-electron chi connectivity index (χ0n) is 13.2. The third-order valence-corrected chi connectivity index (χ3v) is 5.94. The van der Waals surface area contributed by atoms with Crippen molar-refractivity contribution in [2.45, 2.75) is 51.7 Å². The number of hydrogen-bond donors (Lipinski definition) is 1. The fraction of sp³-hybridized carbons (Fsp3) is 0.667. The van der Waals surface area contributed by atoms with Gasteiger partial charge in [0.05, 0.1) is 14.8 Å². The molecule has 0 spiro atoms. The molecule has 0 unspecified atom stereocenters. The van der Waals surface area contributed by atoms with Crippen LogP contribution in [-0.2, 0) is 4.74 Å². The SMILES string of the molecule is CCC(CC)[C@@H]1C[C@@H](NC(=O)c2sc(Br)cc2[N+](=O)[O-])CCO1. The van der Waals surface area contributed by atoms with Crippen LogP contribution in [-0.4, -0.2) is 29.6 Å². The Bertz CT molecular complexity index is 574. The topological polar surface area (TPSA) is 81.5 Å². The van der Waals surface area contributed by atoms with E-state index in [9.17, 15) is 14.9 Å². The van der Waals surface area contributed by atoms with E-state index in [-0.39, 0.29) is 28.6 Å². The van der Waals surface area contributed by atoms with E-state index in [0.717, 1.165) is 37.0 Å². The van der Waals surface area contributed by atoms with Crippen LogP contribution < -0.4 is 5.32 Å². The maximum absolute atomic E-state index is 12.4. The molecule has 1 aromatic rings. The molecule has 1 saturated heterocycles. The quantitative estimate of drug-likeness (QED) is 0.570. The number of ether oxygens (including phenoxy) is 1. The van der Waals surface area contributed by atoms with Crippen LogP contribution in [0.1, 0.15) is 49.2 Å². The summed E-state index contributed by atoms with van der Waals surface area (Å²) < 4.78 is 6.42. The van der Waals surface area contributed by atoms with Crippen LogP contribution >= 0.6 is 27.3 Å². The minimum atomic E-state index is -0.521. The number of nitrogens with zero attached hydrogens (tertiary/aromatic N) is 1. The highest BCUT2D eigenvalue weighted by atomic mass is 79.9. The summed E-state index contributed by atoms with van der Waals surface area (Å²) in [6.07, 6.45) is 3.74. The lowest BCUT2D eigenvalue weighted by Gasteiger charge is -2.34. The second kappa shape index (κ2) is 8.21. The number of hydrogen-bond acceptors (Lipinski definition) is 5. The number of nitro groups is 1. The average molecular weight is 405 g/mol. The van der Waals surface area contributed by atoms with E-state index in [1.807, 2.05) is 0 Å². The Morgan fingerprint density at radius 3 is 2.87 bits per heavy atom. The average Bonchev–Trinajstić information content (AvgIpc) is 2.91. The number of halogens is 1. The monoisotopic (exact) mass is 404 g/mol. The molecule has 0 aliphatic carbocycles. The largest absolute Gasteiger partial charge is 0.378 e. The summed E-state index contributed by atoms with van der Waals surface area (Å²) in [6, 6.07) is 1.37. The second-order valence-electron chi connectivity index (χ2n) is 5.70. The number of rotatable bonds is 6. The van der Waals surface area contributed by atoms with Gasteiger partial charge in [-0.05, 0) is 34.7 Å². The van der Waals surface area contributed by atoms with Crippen molar-refractivity contribution in [3.63, 3.8) is 0 Å². The molecule has 1 amide bonds. The summed E-state index contributed by atoms with van der Waals surface area (Å²) >= 11 is 4.29. The Labute approximate surface area is 147 Å².